The summed E-state index contributed by atoms with van der Waals surface area (Å²) in [5, 5.41) is 0. The summed E-state index contributed by atoms with van der Waals surface area (Å²) < 4.78 is 132. The number of fused-ring (bicyclic) bond motifs is 10. The average molecular weight is 576 g/mol. The Labute approximate surface area is 274 Å². The van der Waals surface area contributed by atoms with E-state index < -0.39 is 78.0 Å². The van der Waals surface area contributed by atoms with Crippen LogP contribution in [0.2, 0.25) is 0 Å². The molecule has 4 aromatic rings. The lowest BCUT2D eigenvalue weighted by Crippen LogP contribution is -2.57. The van der Waals surface area contributed by atoms with E-state index >= 15 is 0 Å². The molecule has 43 heavy (non-hydrogen) atoms. The molecule has 0 spiro atoms. The smallest absolute Gasteiger partial charge is 0.260 e. The van der Waals surface area contributed by atoms with Gasteiger partial charge in [-0.25, -0.2) is 0 Å². The molecule has 0 aromatic heterocycles. The van der Waals surface area contributed by atoms with Gasteiger partial charge >= 0.3 is 0 Å². The van der Waals surface area contributed by atoms with E-state index in [0.717, 1.165) is 77.0 Å². The molecule has 2 heterocycles. The Bertz CT molecular complexity index is 2280. The monoisotopic (exact) mass is 575 g/mol. The van der Waals surface area contributed by atoms with E-state index in [1.165, 1.54) is 0 Å². The molecule has 6 aliphatic carbocycles. The number of ether oxygens (including phenoxy) is 2. The molecule has 4 aromatic carbocycles. The zero-order valence-corrected chi connectivity index (χ0v) is 24.0. The molecular weight excluding hydrogens is 523 g/mol. The highest BCUT2D eigenvalue weighted by molar-refractivity contribution is 6.98. The maximum Gasteiger partial charge on any atom is 0.260 e. The molecule has 0 unspecified atom stereocenters. The van der Waals surface area contributed by atoms with Gasteiger partial charge in [-0.3, -0.25) is 0 Å². The highest BCUT2D eigenvalue weighted by Gasteiger charge is 2.45. The molecule has 2 nitrogen and oxygen atoms in total. The van der Waals surface area contributed by atoms with Crippen LogP contribution in [-0.4, -0.2) is 6.71 Å². The van der Waals surface area contributed by atoms with Crippen LogP contribution < -0.4 is 25.9 Å². The van der Waals surface area contributed by atoms with Crippen molar-refractivity contribution in [1.82, 2.24) is 0 Å². The van der Waals surface area contributed by atoms with Crippen molar-refractivity contribution in [3.63, 3.8) is 0 Å². The minimum Gasteiger partial charge on any atom is -0.458 e. The molecule has 0 N–H and O–H groups in total. The van der Waals surface area contributed by atoms with Crippen molar-refractivity contribution in [2.24, 2.45) is 11.8 Å². The highest BCUT2D eigenvalue weighted by Crippen LogP contribution is 2.56. The van der Waals surface area contributed by atoms with Gasteiger partial charge in [-0.05, 0) is 157 Å². The van der Waals surface area contributed by atoms with Crippen LogP contribution in [0.4, 0.5) is 0 Å². The molecule has 8 aliphatic rings. The fourth-order valence-corrected chi connectivity index (χ4v) is 9.24. The third-order valence-electron chi connectivity index (χ3n) is 11.8. The molecule has 3 heteroatoms. The largest absolute Gasteiger partial charge is 0.458 e. The number of benzene rings is 4. The standard InChI is InChI=1S/C40H39BO2/c1-3-7-34-32(5-1)41-33-6-2-4-8-35(33)43-37-24-29(23-36(42-34)38(37)41)28-21-30(39-15-9-26(10-16-39)11-17-39)25-31(22-28)40-18-12-27(13-19-40)14-20-40/h1-8,21-27H,9-20H2/i1D,2D,3D,4D,5D,6D,7D,8D,21D,22D,23D,24D,25D. The summed E-state index contributed by atoms with van der Waals surface area (Å²) in [7, 11) is 0. The fourth-order valence-electron chi connectivity index (χ4n) is 9.24. The Hall–Kier alpha value is -3.46. The zero-order valence-electron chi connectivity index (χ0n) is 37.0. The predicted octanol–water partition coefficient (Wildman–Crippen LogP) is 8.52. The second kappa shape index (κ2) is 9.04. The van der Waals surface area contributed by atoms with Crippen LogP contribution in [-0.2, 0) is 10.8 Å². The highest BCUT2D eigenvalue weighted by atomic mass is 16.5. The summed E-state index contributed by atoms with van der Waals surface area (Å²) in [4.78, 5) is 0. The van der Waals surface area contributed by atoms with E-state index in [1.54, 1.807) is 0 Å². The molecule has 12 rings (SSSR count). The Morgan fingerprint density at radius 1 is 0.535 bits per heavy atom. The lowest BCUT2D eigenvalue weighted by molar-refractivity contribution is 0.130. The summed E-state index contributed by atoms with van der Waals surface area (Å²) in [5.41, 5.74) is -0.00592. The topological polar surface area (TPSA) is 18.5 Å². The maximum absolute atomic E-state index is 9.98. The van der Waals surface area contributed by atoms with Crippen molar-refractivity contribution in [1.29, 1.82) is 0 Å². The van der Waals surface area contributed by atoms with E-state index in [9.17, 15) is 6.85 Å². The lowest BCUT2D eigenvalue weighted by Gasteiger charge is -2.49. The summed E-state index contributed by atoms with van der Waals surface area (Å²) in [6.07, 6.45) is 10.9. The Morgan fingerprint density at radius 2 is 0.953 bits per heavy atom. The van der Waals surface area contributed by atoms with Gasteiger partial charge < -0.3 is 9.47 Å². The van der Waals surface area contributed by atoms with Gasteiger partial charge in [0.1, 0.15) is 23.0 Å². The second-order valence-electron chi connectivity index (χ2n) is 13.8. The number of hydrogen-bond donors (Lipinski definition) is 0. The van der Waals surface area contributed by atoms with Gasteiger partial charge in [0.05, 0.1) is 17.8 Å². The Balaban J connectivity index is 1.32. The maximum atomic E-state index is 9.98. The van der Waals surface area contributed by atoms with E-state index in [0.29, 0.717) is 23.0 Å². The van der Waals surface area contributed by atoms with Gasteiger partial charge in [-0.2, -0.15) is 0 Å². The first-order valence-corrected chi connectivity index (χ1v) is 16.0. The summed E-state index contributed by atoms with van der Waals surface area (Å²) >= 11 is 0. The molecule has 6 fully saturated rings. The number of rotatable bonds is 3. The molecular formula is C40H39BO2. The van der Waals surface area contributed by atoms with Crippen LogP contribution in [0.25, 0.3) is 11.1 Å². The fraction of sp³-hybridized carbons (Fsp3) is 0.400. The minimum absolute atomic E-state index is 0.0165. The van der Waals surface area contributed by atoms with Crippen LogP contribution in [0.5, 0.6) is 23.0 Å². The summed E-state index contributed by atoms with van der Waals surface area (Å²) in [5.74, 6) is 0.158. The van der Waals surface area contributed by atoms with Crippen molar-refractivity contribution >= 4 is 23.1 Å². The average Bonchev–Trinajstić information content (AvgIpc) is 3.21. The van der Waals surface area contributed by atoms with E-state index in [1.807, 2.05) is 0 Å². The Kier molecular flexibility index (Phi) is 3.26. The van der Waals surface area contributed by atoms with Crippen molar-refractivity contribution in [2.75, 3.05) is 0 Å². The Morgan fingerprint density at radius 3 is 1.42 bits per heavy atom. The van der Waals surface area contributed by atoms with Crippen molar-refractivity contribution in [3.05, 3.63) is 89.7 Å². The van der Waals surface area contributed by atoms with E-state index in [-0.39, 0.29) is 68.6 Å². The number of para-hydroxylation sites is 2. The normalized spacial score (nSPS) is 33.5. The third-order valence-corrected chi connectivity index (χ3v) is 11.8. The number of hydrogen-bond acceptors (Lipinski definition) is 2. The zero-order chi connectivity index (χ0) is 39.5. The van der Waals surface area contributed by atoms with Crippen LogP contribution in [0.1, 0.15) is 106 Å². The first-order valence-electron chi connectivity index (χ1n) is 22.5. The SMILES string of the molecule is [2H]c1c([2H])c([2H])c2c(c1[2H])Oc1c([2H])c(-c3c([2H])c(C45CCC(CC4)CC5)c([2H])c(C45CCC(CC4)CC5)c3[2H])c([2H])c3c1B2c1c([2H])c([2H])c([2H])c([2H])c1O3. The van der Waals surface area contributed by atoms with Gasteiger partial charge in [-0.1, -0.05) is 54.4 Å². The van der Waals surface area contributed by atoms with Gasteiger partial charge in [0.2, 0.25) is 0 Å². The van der Waals surface area contributed by atoms with Crippen LogP contribution in [0.3, 0.4) is 0 Å². The van der Waals surface area contributed by atoms with Gasteiger partial charge in [0.25, 0.3) is 6.71 Å². The first kappa shape index (κ1) is 15.5. The molecule has 4 bridgehead atoms. The minimum atomic E-state index is -1.32. The summed E-state index contributed by atoms with van der Waals surface area (Å²) in [6, 6.07) is -5.05. The van der Waals surface area contributed by atoms with Crippen LogP contribution in [0, 0.1) is 11.8 Å². The molecule has 0 atom stereocenters. The molecule has 0 saturated heterocycles. The summed E-state index contributed by atoms with van der Waals surface area (Å²) in [6.45, 7) is -1.32. The van der Waals surface area contributed by atoms with Gasteiger partial charge in [0.15, 0.2) is 0 Å². The van der Waals surface area contributed by atoms with Crippen LogP contribution in [0.15, 0.2) is 78.6 Å². The first-order chi connectivity index (χ1) is 26.6. The second-order valence-corrected chi connectivity index (χ2v) is 13.8. The molecule has 2 aliphatic heterocycles. The lowest BCUT2D eigenvalue weighted by atomic mass is 9.35. The third kappa shape index (κ3) is 3.66. The van der Waals surface area contributed by atoms with Crippen molar-refractivity contribution in [3.8, 4) is 34.1 Å². The molecule has 0 radical (unpaired) electrons. The van der Waals surface area contributed by atoms with Gasteiger partial charge in [-0.15, -0.1) is 0 Å². The molecule has 6 saturated carbocycles. The van der Waals surface area contributed by atoms with Crippen molar-refractivity contribution in [2.45, 2.75) is 87.9 Å². The van der Waals surface area contributed by atoms with Crippen molar-refractivity contribution < 1.29 is 27.3 Å². The quantitative estimate of drug-likeness (QED) is 0.197. The van der Waals surface area contributed by atoms with E-state index in [2.05, 4.69) is 0 Å². The predicted molar refractivity (Wildman–Crippen MR) is 175 cm³/mol. The van der Waals surface area contributed by atoms with Gasteiger partial charge in [0, 0.05) is 5.46 Å². The van der Waals surface area contributed by atoms with E-state index in [4.69, 9.17) is 20.4 Å². The molecule has 214 valence electrons. The molecule has 0 amide bonds. The van der Waals surface area contributed by atoms with Crippen LogP contribution >= 0.6 is 0 Å².